The summed E-state index contributed by atoms with van der Waals surface area (Å²) in [5.74, 6) is -0.350. The van der Waals surface area contributed by atoms with E-state index < -0.39 is 0 Å². The van der Waals surface area contributed by atoms with E-state index in [0.717, 1.165) is 16.8 Å². The third-order valence-corrected chi connectivity index (χ3v) is 2.60. The molecule has 16 heavy (non-hydrogen) atoms. The summed E-state index contributed by atoms with van der Waals surface area (Å²) in [5, 5.41) is 6.77. The number of nitrogens with zero attached hydrogens (tertiary/aromatic N) is 2. The largest absolute Gasteiger partial charge is 0.419 e. The minimum Gasteiger partial charge on any atom is -0.408 e. The van der Waals surface area contributed by atoms with E-state index >= 15 is 0 Å². The second kappa shape index (κ2) is 3.10. The third kappa shape index (κ3) is 1.18. The zero-order chi connectivity index (χ0) is 11.1. The number of hydrogen-bond donors (Lipinski definition) is 1. The number of nitrogens with one attached hydrogen (secondary N) is 1. The van der Waals surface area contributed by atoms with Gasteiger partial charge in [0.2, 0.25) is 0 Å². The van der Waals surface area contributed by atoms with Crippen LogP contribution in [0.15, 0.2) is 39.7 Å². The molecule has 0 saturated carbocycles. The van der Waals surface area contributed by atoms with E-state index in [1.54, 1.807) is 19.3 Å². The van der Waals surface area contributed by atoms with Gasteiger partial charge < -0.3 is 4.42 Å². The van der Waals surface area contributed by atoms with Crippen molar-refractivity contribution in [2.45, 2.75) is 0 Å². The summed E-state index contributed by atoms with van der Waals surface area (Å²) >= 11 is 0. The van der Waals surface area contributed by atoms with Gasteiger partial charge in [-0.3, -0.25) is 9.67 Å². The van der Waals surface area contributed by atoms with Gasteiger partial charge in [-0.15, -0.1) is 0 Å². The second-order valence-corrected chi connectivity index (χ2v) is 3.58. The highest BCUT2D eigenvalue weighted by molar-refractivity contribution is 5.79. The highest BCUT2D eigenvalue weighted by Crippen LogP contribution is 2.21. The molecule has 0 atom stereocenters. The number of H-pyrrole nitrogens is 1. The molecule has 0 aliphatic heterocycles. The molecule has 0 spiro atoms. The molecule has 3 aromatic rings. The number of aromatic nitrogens is 3. The predicted octanol–water partition coefficient (Wildman–Crippen LogP) is 1.52. The molecular formula is C11H9N3O2. The molecule has 80 valence electrons. The van der Waals surface area contributed by atoms with E-state index in [1.165, 1.54) is 4.57 Å². The first-order valence-electron chi connectivity index (χ1n) is 4.85. The Morgan fingerprint density at radius 2 is 2.25 bits per heavy atom. The van der Waals surface area contributed by atoms with Gasteiger partial charge in [-0.2, -0.15) is 5.10 Å². The highest BCUT2D eigenvalue weighted by Gasteiger charge is 2.07. The minimum absolute atomic E-state index is 0.350. The summed E-state index contributed by atoms with van der Waals surface area (Å²) in [6.07, 6.45) is 1.69. The van der Waals surface area contributed by atoms with Crippen molar-refractivity contribution in [2.75, 3.05) is 0 Å². The molecular weight excluding hydrogens is 206 g/mol. The van der Waals surface area contributed by atoms with Crippen LogP contribution in [0.2, 0.25) is 0 Å². The number of oxazole rings is 1. The summed E-state index contributed by atoms with van der Waals surface area (Å²) in [7, 11) is 1.69. The average Bonchev–Trinajstić information content (AvgIpc) is 2.89. The van der Waals surface area contributed by atoms with E-state index in [1.807, 2.05) is 18.2 Å². The number of benzene rings is 1. The second-order valence-electron chi connectivity index (χ2n) is 3.58. The van der Waals surface area contributed by atoms with Crippen molar-refractivity contribution in [1.29, 1.82) is 0 Å². The molecule has 1 aromatic carbocycles. The van der Waals surface area contributed by atoms with Gasteiger partial charge in [-0.1, -0.05) is 0 Å². The topological polar surface area (TPSA) is 63.8 Å². The smallest absolute Gasteiger partial charge is 0.408 e. The SMILES string of the molecule is Cn1c(=O)oc2ccc(-c3ccn[nH]3)cc21. The van der Waals surface area contributed by atoms with E-state index in [-0.39, 0.29) is 5.76 Å². The zero-order valence-electron chi connectivity index (χ0n) is 8.60. The van der Waals surface area contributed by atoms with Gasteiger partial charge in [0.15, 0.2) is 5.58 Å². The van der Waals surface area contributed by atoms with Crippen LogP contribution in [0.1, 0.15) is 0 Å². The van der Waals surface area contributed by atoms with Gasteiger partial charge in [0.1, 0.15) is 0 Å². The average molecular weight is 215 g/mol. The summed E-state index contributed by atoms with van der Waals surface area (Å²) in [6, 6.07) is 7.44. The van der Waals surface area contributed by atoms with Crippen LogP contribution in [-0.2, 0) is 7.05 Å². The maximum absolute atomic E-state index is 11.3. The van der Waals surface area contributed by atoms with Crippen molar-refractivity contribution in [3.8, 4) is 11.3 Å². The molecule has 0 amide bonds. The summed E-state index contributed by atoms with van der Waals surface area (Å²) in [5.41, 5.74) is 3.25. The quantitative estimate of drug-likeness (QED) is 0.669. The molecule has 0 aliphatic carbocycles. The van der Waals surface area contributed by atoms with Crippen molar-refractivity contribution in [3.05, 3.63) is 41.0 Å². The number of aromatic amines is 1. The van der Waals surface area contributed by atoms with E-state index in [2.05, 4.69) is 10.2 Å². The Labute approximate surface area is 90.3 Å². The Morgan fingerprint density at radius 3 is 3.00 bits per heavy atom. The van der Waals surface area contributed by atoms with Gasteiger partial charge in [0, 0.05) is 18.8 Å². The molecule has 5 nitrogen and oxygen atoms in total. The van der Waals surface area contributed by atoms with Crippen LogP contribution in [0.25, 0.3) is 22.4 Å². The van der Waals surface area contributed by atoms with Crippen LogP contribution in [0.4, 0.5) is 0 Å². The van der Waals surface area contributed by atoms with Crippen molar-refractivity contribution in [3.63, 3.8) is 0 Å². The fourth-order valence-corrected chi connectivity index (χ4v) is 1.71. The van der Waals surface area contributed by atoms with E-state index in [9.17, 15) is 4.79 Å². The Balaban J connectivity index is 2.30. The maximum Gasteiger partial charge on any atom is 0.419 e. The Bertz CT molecular complexity index is 692. The molecule has 1 N–H and O–H groups in total. The monoisotopic (exact) mass is 215 g/mol. The highest BCUT2D eigenvalue weighted by atomic mass is 16.4. The van der Waals surface area contributed by atoms with Crippen molar-refractivity contribution in [1.82, 2.24) is 14.8 Å². The van der Waals surface area contributed by atoms with Crippen LogP contribution < -0.4 is 5.76 Å². The lowest BCUT2D eigenvalue weighted by molar-refractivity contribution is 0.528. The van der Waals surface area contributed by atoms with Gasteiger partial charge in [0.05, 0.1) is 11.2 Å². The minimum atomic E-state index is -0.350. The summed E-state index contributed by atoms with van der Waals surface area (Å²) < 4.78 is 6.53. The van der Waals surface area contributed by atoms with Crippen molar-refractivity contribution in [2.24, 2.45) is 7.05 Å². The van der Waals surface area contributed by atoms with Crippen LogP contribution >= 0.6 is 0 Å². The molecule has 2 heterocycles. The van der Waals surface area contributed by atoms with Crippen molar-refractivity contribution < 1.29 is 4.42 Å². The van der Waals surface area contributed by atoms with E-state index in [4.69, 9.17) is 4.42 Å². The predicted molar refractivity (Wildman–Crippen MR) is 59.0 cm³/mol. The number of rotatable bonds is 1. The lowest BCUT2D eigenvalue weighted by Crippen LogP contribution is -2.08. The first-order chi connectivity index (χ1) is 7.75. The van der Waals surface area contributed by atoms with Gasteiger partial charge in [-0.05, 0) is 24.3 Å². The van der Waals surface area contributed by atoms with Gasteiger partial charge in [-0.25, -0.2) is 4.79 Å². The molecule has 0 saturated heterocycles. The molecule has 0 bridgehead atoms. The Morgan fingerprint density at radius 1 is 1.38 bits per heavy atom. The first kappa shape index (κ1) is 8.96. The Kier molecular flexibility index (Phi) is 1.73. The Hall–Kier alpha value is -2.30. The van der Waals surface area contributed by atoms with E-state index in [0.29, 0.717) is 5.58 Å². The maximum atomic E-state index is 11.3. The molecule has 5 heteroatoms. The molecule has 0 fully saturated rings. The van der Waals surface area contributed by atoms with Gasteiger partial charge >= 0.3 is 5.76 Å². The fourth-order valence-electron chi connectivity index (χ4n) is 1.71. The molecule has 0 radical (unpaired) electrons. The molecule has 0 aliphatic rings. The van der Waals surface area contributed by atoms with Crippen LogP contribution in [0.3, 0.4) is 0 Å². The van der Waals surface area contributed by atoms with Gasteiger partial charge in [0.25, 0.3) is 0 Å². The first-order valence-corrected chi connectivity index (χ1v) is 4.85. The molecule has 0 unspecified atom stereocenters. The van der Waals surface area contributed by atoms with Crippen molar-refractivity contribution >= 4 is 11.1 Å². The normalized spacial score (nSPS) is 11.1. The third-order valence-electron chi connectivity index (χ3n) is 2.60. The lowest BCUT2D eigenvalue weighted by Gasteiger charge is -1.97. The number of hydrogen-bond acceptors (Lipinski definition) is 3. The fraction of sp³-hybridized carbons (Fsp3) is 0.0909. The lowest BCUT2D eigenvalue weighted by atomic mass is 10.1. The van der Waals surface area contributed by atoms with Crippen LogP contribution in [-0.4, -0.2) is 14.8 Å². The number of fused-ring (bicyclic) bond motifs is 1. The van der Waals surface area contributed by atoms with Crippen LogP contribution in [0.5, 0.6) is 0 Å². The summed E-state index contributed by atoms with van der Waals surface area (Å²) in [6.45, 7) is 0. The molecule has 3 rings (SSSR count). The summed E-state index contributed by atoms with van der Waals surface area (Å²) in [4.78, 5) is 11.3. The zero-order valence-corrected chi connectivity index (χ0v) is 8.60. The number of aryl methyl sites for hydroxylation is 1. The standard InChI is InChI=1S/C11H9N3O2/c1-14-9-6-7(8-4-5-12-13-8)2-3-10(9)16-11(14)15/h2-6H,1H3,(H,12,13). The molecule has 2 aromatic heterocycles. The van der Waals surface area contributed by atoms with Crippen LogP contribution in [0, 0.1) is 0 Å².